The summed E-state index contributed by atoms with van der Waals surface area (Å²) in [6.07, 6.45) is 0. The highest BCUT2D eigenvalue weighted by Crippen LogP contribution is 2.37. The van der Waals surface area contributed by atoms with Gasteiger partial charge in [-0.2, -0.15) is 0 Å². The number of nitrogens with zero attached hydrogens (tertiary/aromatic N) is 2. The van der Waals surface area contributed by atoms with E-state index in [2.05, 4.69) is 0 Å². The zero-order valence-corrected chi connectivity index (χ0v) is 17.3. The van der Waals surface area contributed by atoms with Crippen molar-refractivity contribution >= 4 is 55.8 Å². The molecule has 7 heteroatoms. The molecule has 0 radical (unpaired) electrons. The molecular weight excluding hydrogens is 400 g/mol. The van der Waals surface area contributed by atoms with E-state index in [9.17, 15) is 18.7 Å². The molecule has 2 N–H and O–H groups in total. The number of hydrogen-bond acceptors (Lipinski definition) is 3. The van der Waals surface area contributed by atoms with Crippen molar-refractivity contribution in [3.63, 3.8) is 0 Å². The van der Waals surface area contributed by atoms with Crippen molar-refractivity contribution in [3.05, 3.63) is 78.4 Å². The van der Waals surface area contributed by atoms with E-state index < -0.39 is 17.2 Å². The minimum Gasteiger partial charge on any atom is -0.478 e. The van der Waals surface area contributed by atoms with Crippen LogP contribution in [0.2, 0.25) is 0 Å². The van der Waals surface area contributed by atoms with Gasteiger partial charge in [0.2, 0.25) is 0 Å². The Morgan fingerprint density at radius 2 is 1.43 bits per heavy atom. The second-order valence-electron chi connectivity index (χ2n) is 7.12. The number of carboxylic acid groups (broad SMARTS) is 1. The van der Waals surface area contributed by atoms with Crippen molar-refractivity contribution < 1.29 is 18.7 Å². The van der Waals surface area contributed by atoms with Crippen LogP contribution in [0.25, 0.3) is 21.5 Å². The highest BCUT2D eigenvalue weighted by Gasteiger charge is 2.19. The van der Waals surface area contributed by atoms with E-state index in [-0.39, 0.29) is 5.56 Å². The molecule has 1 atom stereocenters. The molecule has 0 heterocycles. The van der Waals surface area contributed by atoms with Gasteiger partial charge in [0.25, 0.3) is 11.3 Å². The third-order valence-corrected chi connectivity index (χ3v) is 5.76. The lowest BCUT2D eigenvalue weighted by molar-refractivity contribution is 0.0697. The van der Waals surface area contributed by atoms with Gasteiger partial charge in [0.1, 0.15) is 0 Å². The highest BCUT2D eigenvalue weighted by molar-refractivity contribution is 7.81. The Morgan fingerprint density at radius 3 is 2.07 bits per heavy atom. The fourth-order valence-electron chi connectivity index (χ4n) is 3.65. The number of benzene rings is 4. The Labute approximate surface area is 176 Å². The van der Waals surface area contributed by atoms with Crippen molar-refractivity contribution in [1.82, 2.24) is 0 Å². The van der Waals surface area contributed by atoms with Gasteiger partial charge in [0, 0.05) is 30.6 Å². The average molecular weight is 420 g/mol. The summed E-state index contributed by atoms with van der Waals surface area (Å²) in [5, 5.41) is 12.5. The summed E-state index contributed by atoms with van der Waals surface area (Å²) < 4.78 is 23.9. The van der Waals surface area contributed by atoms with Crippen LogP contribution in [0.5, 0.6) is 0 Å². The standard InChI is InChI=1S/C23H20N2O4S/c1-24(2)21-7-3-6-20-19(21)5-4-8-22(20)25(30(28)29)18-12-11-15-13-17(23(26)27)10-9-16(15)14-18/h3-14H,1-2H3,(H,26,27)(H,28,29). The van der Waals surface area contributed by atoms with E-state index in [4.69, 9.17) is 0 Å². The molecule has 0 spiro atoms. The Morgan fingerprint density at radius 1 is 0.833 bits per heavy atom. The van der Waals surface area contributed by atoms with Crippen LogP contribution in [0.15, 0.2) is 72.8 Å². The number of hydrogen-bond donors (Lipinski definition) is 2. The number of anilines is 3. The molecule has 0 bridgehead atoms. The molecule has 6 nitrogen and oxygen atoms in total. The zero-order valence-electron chi connectivity index (χ0n) is 16.4. The summed E-state index contributed by atoms with van der Waals surface area (Å²) in [6.45, 7) is 0. The molecule has 0 aliphatic heterocycles. The first kappa shape index (κ1) is 19.9. The molecule has 0 aromatic heterocycles. The van der Waals surface area contributed by atoms with Gasteiger partial charge in [0.05, 0.1) is 16.9 Å². The molecule has 0 fully saturated rings. The number of carboxylic acids is 1. The van der Waals surface area contributed by atoms with Crippen LogP contribution < -0.4 is 9.21 Å². The number of carbonyl (C=O) groups is 1. The first-order chi connectivity index (χ1) is 14.4. The van der Waals surface area contributed by atoms with Crippen LogP contribution in [0.1, 0.15) is 10.4 Å². The van der Waals surface area contributed by atoms with Gasteiger partial charge in [-0.3, -0.25) is 4.55 Å². The van der Waals surface area contributed by atoms with Crippen molar-refractivity contribution in [3.8, 4) is 0 Å². The number of aromatic carboxylic acids is 1. The van der Waals surface area contributed by atoms with Gasteiger partial charge in [-0.15, -0.1) is 0 Å². The zero-order chi connectivity index (χ0) is 21.4. The minimum absolute atomic E-state index is 0.197. The average Bonchev–Trinajstić information content (AvgIpc) is 2.72. The lowest BCUT2D eigenvalue weighted by Gasteiger charge is -2.24. The second-order valence-corrected chi connectivity index (χ2v) is 7.95. The molecule has 0 aliphatic carbocycles. The highest BCUT2D eigenvalue weighted by atomic mass is 32.2. The molecule has 0 amide bonds. The Bertz CT molecular complexity index is 1300. The van der Waals surface area contributed by atoms with E-state index >= 15 is 0 Å². The van der Waals surface area contributed by atoms with Gasteiger partial charge in [-0.05, 0) is 47.2 Å². The molecule has 0 saturated carbocycles. The molecule has 152 valence electrons. The van der Waals surface area contributed by atoms with Crippen molar-refractivity contribution in [2.24, 2.45) is 0 Å². The van der Waals surface area contributed by atoms with Crippen LogP contribution in [0.4, 0.5) is 17.1 Å². The van der Waals surface area contributed by atoms with Crippen LogP contribution in [0, 0.1) is 0 Å². The van der Waals surface area contributed by atoms with Gasteiger partial charge in [0.15, 0.2) is 0 Å². The molecule has 0 aliphatic rings. The summed E-state index contributed by atoms with van der Waals surface area (Å²) in [7, 11) is 3.91. The topological polar surface area (TPSA) is 81.1 Å². The lowest BCUT2D eigenvalue weighted by Crippen LogP contribution is -2.19. The van der Waals surface area contributed by atoms with Crippen LogP contribution >= 0.6 is 0 Å². The maximum Gasteiger partial charge on any atom is 0.335 e. The smallest absolute Gasteiger partial charge is 0.335 e. The monoisotopic (exact) mass is 420 g/mol. The van der Waals surface area contributed by atoms with Gasteiger partial charge in [-0.25, -0.2) is 13.3 Å². The Balaban J connectivity index is 1.90. The molecule has 1 unspecified atom stereocenters. The molecule has 4 aromatic rings. The van der Waals surface area contributed by atoms with E-state index in [1.54, 1.807) is 30.3 Å². The largest absolute Gasteiger partial charge is 0.478 e. The van der Waals surface area contributed by atoms with E-state index in [0.29, 0.717) is 11.4 Å². The summed E-state index contributed by atoms with van der Waals surface area (Å²) in [4.78, 5) is 13.2. The number of fused-ring (bicyclic) bond motifs is 2. The van der Waals surface area contributed by atoms with Crippen molar-refractivity contribution in [1.29, 1.82) is 0 Å². The normalized spacial score (nSPS) is 12.1. The second kappa shape index (κ2) is 7.78. The maximum absolute atomic E-state index is 12.4. The van der Waals surface area contributed by atoms with Crippen LogP contribution in [-0.2, 0) is 11.3 Å². The van der Waals surface area contributed by atoms with E-state index in [1.807, 2.05) is 55.4 Å². The molecule has 4 aromatic carbocycles. The summed E-state index contributed by atoms with van der Waals surface area (Å²) in [5.74, 6) is -0.994. The van der Waals surface area contributed by atoms with Crippen LogP contribution in [0.3, 0.4) is 0 Å². The third-order valence-electron chi connectivity index (χ3n) is 5.04. The van der Waals surface area contributed by atoms with Crippen molar-refractivity contribution in [2.45, 2.75) is 0 Å². The Kier molecular flexibility index (Phi) is 5.15. The molecular formula is C23H20N2O4S. The van der Waals surface area contributed by atoms with Crippen LogP contribution in [-0.4, -0.2) is 33.9 Å². The minimum atomic E-state index is -2.31. The van der Waals surface area contributed by atoms with Gasteiger partial charge < -0.3 is 10.0 Å². The first-order valence-corrected chi connectivity index (χ1v) is 10.3. The van der Waals surface area contributed by atoms with Gasteiger partial charge >= 0.3 is 5.97 Å². The Hall–Kier alpha value is -3.42. The lowest BCUT2D eigenvalue weighted by atomic mass is 10.0. The fraction of sp³-hybridized carbons (Fsp3) is 0.0870. The van der Waals surface area contributed by atoms with E-state index in [0.717, 1.165) is 27.2 Å². The first-order valence-electron chi connectivity index (χ1n) is 9.24. The SMILES string of the molecule is CN(C)c1cccc2c(N(c3ccc4cc(C(=O)O)ccc4c3)S(=O)O)cccc12. The molecule has 4 rings (SSSR count). The quantitative estimate of drug-likeness (QED) is 0.443. The fourth-order valence-corrected chi connectivity index (χ4v) is 4.27. The van der Waals surface area contributed by atoms with Crippen molar-refractivity contribution in [2.75, 3.05) is 23.3 Å². The summed E-state index contributed by atoms with van der Waals surface area (Å²) in [5.41, 5.74) is 2.36. The predicted octanol–water partition coefficient (Wildman–Crippen LogP) is 5.03. The molecule has 30 heavy (non-hydrogen) atoms. The number of rotatable bonds is 5. The summed E-state index contributed by atoms with van der Waals surface area (Å²) >= 11 is -2.31. The summed E-state index contributed by atoms with van der Waals surface area (Å²) in [6, 6.07) is 21.6. The van der Waals surface area contributed by atoms with E-state index in [1.165, 1.54) is 10.4 Å². The van der Waals surface area contributed by atoms with Gasteiger partial charge in [-0.1, -0.05) is 36.4 Å². The molecule has 0 saturated heterocycles. The predicted molar refractivity (Wildman–Crippen MR) is 122 cm³/mol. The third kappa shape index (κ3) is 3.49. The maximum atomic E-state index is 12.4.